The monoisotopic (exact) mass is 341 g/mol. The van der Waals surface area contributed by atoms with Crippen LogP contribution in [0, 0.1) is 0 Å². The molecule has 0 N–H and O–H groups in total. The van der Waals surface area contributed by atoms with E-state index in [1.807, 2.05) is 18.2 Å². The Morgan fingerprint density at radius 1 is 0.731 bits per heavy atom. The van der Waals surface area contributed by atoms with Gasteiger partial charge in [-0.2, -0.15) is 0 Å². The van der Waals surface area contributed by atoms with Crippen LogP contribution in [-0.2, 0) is 10.3 Å². The third kappa shape index (κ3) is 2.67. The van der Waals surface area contributed by atoms with Crippen molar-refractivity contribution < 1.29 is 4.79 Å². The normalized spacial score (nSPS) is 17.9. The maximum atomic E-state index is 11.9. The van der Waals surface area contributed by atoms with Crippen LogP contribution in [0.4, 0.5) is 0 Å². The third-order valence-electron chi connectivity index (χ3n) is 5.46. The smallest absolute Gasteiger partial charge is 0.137 e. The number of hydrogen-bond donors (Lipinski definition) is 0. The third-order valence-corrected chi connectivity index (χ3v) is 5.46. The number of aldehydes is 1. The molecule has 3 aromatic rings. The molecule has 130 valence electrons. The Morgan fingerprint density at radius 2 is 1.15 bits per heavy atom. The Labute approximate surface area is 155 Å². The molecular weight excluding hydrogens is 318 g/mol. The molecule has 0 bridgehead atoms. The minimum absolute atomic E-state index is 0.0735. The van der Waals surface area contributed by atoms with Crippen molar-refractivity contribution in [2.24, 2.45) is 0 Å². The summed E-state index contributed by atoms with van der Waals surface area (Å²) in [5.41, 5.74) is 3.13. The van der Waals surface area contributed by atoms with Crippen LogP contribution < -0.4 is 0 Å². The van der Waals surface area contributed by atoms with Gasteiger partial charge in [0.05, 0.1) is 11.6 Å². The van der Waals surface area contributed by atoms with Crippen molar-refractivity contribution >= 4 is 6.29 Å². The van der Waals surface area contributed by atoms with Gasteiger partial charge in [0.25, 0.3) is 0 Å². The van der Waals surface area contributed by atoms with E-state index in [1.54, 1.807) is 0 Å². The molecule has 0 aromatic heterocycles. The molecule has 2 nitrogen and oxygen atoms in total. The fourth-order valence-corrected chi connectivity index (χ4v) is 4.39. The molecule has 3 aromatic carbocycles. The molecule has 0 unspecified atom stereocenters. The van der Waals surface area contributed by atoms with Gasteiger partial charge in [-0.25, -0.2) is 0 Å². The fraction of sp³-hybridized carbons (Fsp3) is 0.208. The highest BCUT2D eigenvalue weighted by atomic mass is 16.1. The highest BCUT2D eigenvalue weighted by Gasteiger charge is 2.46. The summed E-state index contributed by atoms with van der Waals surface area (Å²) in [6.45, 7) is 0.905. The van der Waals surface area contributed by atoms with Crippen LogP contribution in [0.15, 0.2) is 91.0 Å². The standard InChI is InChI=1S/C24H23NO/c26-19-23-17-10-18-25(23)24(20-11-4-1-5-12-20,21-13-6-2-7-14-21)22-15-8-3-9-16-22/h1-9,11-16,19,23H,10,17-18H2/t23-/m0/s1. The van der Waals surface area contributed by atoms with Crippen LogP contribution in [0.25, 0.3) is 0 Å². The van der Waals surface area contributed by atoms with Crippen molar-refractivity contribution in [1.82, 2.24) is 4.90 Å². The Kier molecular flexibility index (Phi) is 4.68. The molecule has 1 heterocycles. The van der Waals surface area contributed by atoms with Crippen LogP contribution in [0.2, 0.25) is 0 Å². The first-order valence-electron chi connectivity index (χ1n) is 9.26. The quantitative estimate of drug-likeness (QED) is 0.498. The zero-order chi connectivity index (χ0) is 17.8. The van der Waals surface area contributed by atoms with Crippen molar-refractivity contribution in [3.63, 3.8) is 0 Å². The fourth-order valence-electron chi connectivity index (χ4n) is 4.39. The van der Waals surface area contributed by atoms with Gasteiger partial charge < -0.3 is 4.79 Å². The molecule has 2 heteroatoms. The van der Waals surface area contributed by atoms with E-state index in [0.29, 0.717) is 0 Å². The van der Waals surface area contributed by atoms with Gasteiger partial charge in [0, 0.05) is 6.54 Å². The second-order valence-corrected chi connectivity index (χ2v) is 6.85. The zero-order valence-electron chi connectivity index (χ0n) is 14.8. The van der Waals surface area contributed by atoms with E-state index >= 15 is 0 Å². The molecule has 1 fully saturated rings. The van der Waals surface area contributed by atoms with Gasteiger partial charge in [-0.1, -0.05) is 91.0 Å². The Balaban J connectivity index is 2.05. The molecule has 0 spiro atoms. The van der Waals surface area contributed by atoms with Gasteiger partial charge in [-0.05, 0) is 29.5 Å². The summed E-state index contributed by atoms with van der Waals surface area (Å²) in [6.07, 6.45) is 3.08. The summed E-state index contributed by atoms with van der Waals surface area (Å²) in [7, 11) is 0. The van der Waals surface area contributed by atoms with E-state index in [4.69, 9.17) is 0 Å². The summed E-state index contributed by atoms with van der Waals surface area (Å²) in [4.78, 5) is 14.3. The average molecular weight is 341 g/mol. The zero-order valence-corrected chi connectivity index (χ0v) is 14.8. The molecule has 1 saturated heterocycles. The molecule has 4 rings (SSSR count). The van der Waals surface area contributed by atoms with E-state index in [-0.39, 0.29) is 6.04 Å². The molecule has 0 saturated carbocycles. The summed E-state index contributed by atoms with van der Waals surface area (Å²) in [5.74, 6) is 0. The van der Waals surface area contributed by atoms with Gasteiger partial charge in [0.2, 0.25) is 0 Å². The van der Waals surface area contributed by atoms with Gasteiger partial charge >= 0.3 is 0 Å². The SMILES string of the molecule is O=C[C@@H]1CCCN1C(c1ccccc1)(c1ccccc1)c1ccccc1. The minimum atomic E-state index is -0.466. The van der Waals surface area contributed by atoms with Crippen molar-refractivity contribution in [3.05, 3.63) is 108 Å². The highest BCUT2D eigenvalue weighted by Crippen LogP contribution is 2.45. The Hall–Kier alpha value is -2.71. The number of hydrogen-bond acceptors (Lipinski definition) is 2. The maximum absolute atomic E-state index is 11.9. The number of nitrogens with zero attached hydrogens (tertiary/aromatic N) is 1. The van der Waals surface area contributed by atoms with Crippen molar-refractivity contribution in [2.75, 3.05) is 6.54 Å². The molecule has 1 aliphatic heterocycles. The van der Waals surface area contributed by atoms with E-state index < -0.39 is 5.54 Å². The number of carbonyl (C=O) groups excluding carboxylic acids is 1. The first kappa shape index (κ1) is 16.7. The second-order valence-electron chi connectivity index (χ2n) is 6.85. The Bertz CT molecular complexity index is 748. The predicted molar refractivity (Wildman–Crippen MR) is 105 cm³/mol. The lowest BCUT2D eigenvalue weighted by molar-refractivity contribution is -0.112. The lowest BCUT2D eigenvalue weighted by Gasteiger charge is -2.45. The van der Waals surface area contributed by atoms with Gasteiger partial charge in [0.15, 0.2) is 0 Å². The molecule has 26 heavy (non-hydrogen) atoms. The summed E-state index contributed by atoms with van der Waals surface area (Å²) < 4.78 is 0. The van der Waals surface area contributed by atoms with Gasteiger partial charge in [0.1, 0.15) is 6.29 Å². The number of rotatable bonds is 5. The molecular formula is C24H23NO. The van der Waals surface area contributed by atoms with Gasteiger partial charge in [-0.3, -0.25) is 4.90 Å². The molecule has 0 amide bonds. The lowest BCUT2D eigenvalue weighted by Crippen LogP contribution is -2.50. The van der Waals surface area contributed by atoms with Crippen LogP contribution >= 0.6 is 0 Å². The lowest BCUT2D eigenvalue weighted by atomic mass is 9.75. The average Bonchev–Trinajstić information content (AvgIpc) is 3.20. The van der Waals surface area contributed by atoms with E-state index in [0.717, 1.165) is 25.7 Å². The topological polar surface area (TPSA) is 20.3 Å². The van der Waals surface area contributed by atoms with E-state index in [2.05, 4.69) is 77.7 Å². The van der Waals surface area contributed by atoms with Crippen LogP contribution in [0.3, 0.4) is 0 Å². The maximum Gasteiger partial charge on any atom is 0.137 e. The molecule has 1 atom stereocenters. The minimum Gasteiger partial charge on any atom is -0.302 e. The highest BCUT2D eigenvalue weighted by molar-refractivity contribution is 5.61. The Morgan fingerprint density at radius 3 is 1.54 bits per heavy atom. The number of benzene rings is 3. The van der Waals surface area contributed by atoms with E-state index in [9.17, 15) is 4.79 Å². The van der Waals surface area contributed by atoms with Gasteiger partial charge in [-0.15, -0.1) is 0 Å². The number of likely N-dealkylation sites (tertiary alicyclic amines) is 1. The predicted octanol–water partition coefficient (Wildman–Crippen LogP) is 4.64. The first-order chi connectivity index (χ1) is 12.9. The first-order valence-corrected chi connectivity index (χ1v) is 9.26. The van der Waals surface area contributed by atoms with Crippen LogP contribution in [-0.4, -0.2) is 23.8 Å². The summed E-state index contributed by atoms with van der Waals surface area (Å²) >= 11 is 0. The summed E-state index contributed by atoms with van der Waals surface area (Å²) in [6, 6.07) is 31.7. The second kappa shape index (κ2) is 7.27. The van der Waals surface area contributed by atoms with Crippen molar-refractivity contribution in [2.45, 2.75) is 24.4 Å². The van der Waals surface area contributed by atoms with Crippen molar-refractivity contribution in [3.8, 4) is 0 Å². The molecule has 0 aliphatic carbocycles. The molecule has 0 radical (unpaired) electrons. The largest absolute Gasteiger partial charge is 0.302 e. The van der Waals surface area contributed by atoms with Crippen molar-refractivity contribution in [1.29, 1.82) is 0 Å². The van der Waals surface area contributed by atoms with E-state index in [1.165, 1.54) is 16.7 Å². The van der Waals surface area contributed by atoms with Crippen LogP contribution in [0.5, 0.6) is 0 Å². The molecule has 1 aliphatic rings. The summed E-state index contributed by atoms with van der Waals surface area (Å²) in [5, 5.41) is 0. The van der Waals surface area contributed by atoms with Crippen LogP contribution in [0.1, 0.15) is 29.5 Å². The number of carbonyl (C=O) groups is 1.